The van der Waals surface area contributed by atoms with Gasteiger partial charge < -0.3 is 4.74 Å². The van der Waals surface area contributed by atoms with Gasteiger partial charge in [0, 0.05) is 18.0 Å². The highest BCUT2D eigenvalue weighted by atomic mass is 35.5. The van der Waals surface area contributed by atoms with Crippen LogP contribution in [0.5, 0.6) is 5.75 Å². The summed E-state index contributed by atoms with van der Waals surface area (Å²) in [6, 6.07) is 12.7. The summed E-state index contributed by atoms with van der Waals surface area (Å²) in [6.45, 7) is 0.955. The Hall–Kier alpha value is -1.56. The lowest BCUT2D eigenvalue weighted by Gasteiger charge is -2.09. The SMILES string of the molecule is O=S(=O)(Cc1ccccc1Cl)NCc1ccc2c(c1)CCO2. The number of fused-ring (bicyclic) bond motifs is 1. The highest BCUT2D eigenvalue weighted by Crippen LogP contribution is 2.26. The van der Waals surface area contributed by atoms with Crippen LogP contribution in [0, 0.1) is 0 Å². The van der Waals surface area contributed by atoms with Gasteiger partial charge in [-0.15, -0.1) is 0 Å². The molecule has 4 nitrogen and oxygen atoms in total. The van der Waals surface area contributed by atoms with Crippen molar-refractivity contribution in [1.29, 1.82) is 0 Å². The lowest BCUT2D eigenvalue weighted by molar-refractivity contribution is 0.357. The van der Waals surface area contributed by atoms with Crippen LogP contribution >= 0.6 is 11.6 Å². The van der Waals surface area contributed by atoms with Crippen LogP contribution < -0.4 is 9.46 Å². The fourth-order valence-electron chi connectivity index (χ4n) is 2.41. The molecule has 22 heavy (non-hydrogen) atoms. The van der Waals surface area contributed by atoms with Gasteiger partial charge in [-0.1, -0.05) is 41.9 Å². The topological polar surface area (TPSA) is 55.4 Å². The molecule has 2 aromatic rings. The fourth-order valence-corrected chi connectivity index (χ4v) is 3.85. The molecule has 1 heterocycles. The summed E-state index contributed by atoms with van der Waals surface area (Å²) in [6.07, 6.45) is 0.871. The molecular formula is C16H16ClNO3S. The van der Waals surface area contributed by atoms with Crippen LogP contribution in [0.2, 0.25) is 5.02 Å². The van der Waals surface area contributed by atoms with Gasteiger partial charge in [0.2, 0.25) is 10.0 Å². The minimum absolute atomic E-state index is 0.124. The van der Waals surface area contributed by atoms with Crippen LogP contribution in [-0.4, -0.2) is 15.0 Å². The molecule has 1 aliphatic rings. The Kier molecular flexibility index (Phi) is 4.38. The van der Waals surface area contributed by atoms with E-state index in [2.05, 4.69) is 4.72 Å². The molecule has 6 heteroatoms. The van der Waals surface area contributed by atoms with Crippen molar-refractivity contribution in [2.45, 2.75) is 18.7 Å². The molecule has 1 N–H and O–H groups in total. The molecule has 0 spiro atoms. The Morgan fingerprint density at radius 3 is 2.82 bits per heavy atom. The number of halogens is 1. The third-order valence-corrected chi connectivity index (χ3v) is 5.20. The molecule has 1 aliphatic heterocycles. The Morgan fingerprint density at radius 1 is 1.18 bits per heavy atom. The second-order valence-electron chi connectivity index (χ2n) is 5.21. The molecule has 116 valence electrons. The smallest absolute Gasteiger partial charge is 0.216 e. The Morgan fingerprint density at radius 2 is 2.00 bits per heavy atom. The number of hydrogen-bond acceptors (Lipinski definition) is 3. The maximum absolute atomic E-state index is 12.2. The highest BCUT2D eigenvalue weighted by Gasteiger charge is 2.15. The minimum Gasteiger partial charge on any atom is -0.493 e. The molecule has 0 aromatic heterocycles. The predicted octanol–water partition coefficient (Wildman–Crippen LogP) is 2.89. The maximum Gasteiger partial charge on any atom is 0.216 e. The lowest BCUT2D eigenvalue weighted by Crippen LogP contribution is -2.24. The van der Waals surface area contributed by atoms with Crippen LogP contribution in [0.15, 0.2) is 42.5 Å². The van der Waals surface area contributed by atoms with Crippen molar-refractivity contribution in [3.05, 3.63) is 64.2 Å². The monoisotopic (exact) mass is 337 g/mol. The van der Waals surface area contributed by atoms with E-state index in [1.54, 1.807) is 24.3 Å². The summed E-state index contributed by atoms with van der Waals surface area (Å²) in [4.78, 5) is 0. The predicted molar refractivity (Wildman–Crippen MR) is 86.6 cm³/mol. The molecule has 0 bridgehead atoms. The molecule has 3 rings (SSSR count). The van der Waals surface area contributed by atoms with Gasteiger partial charge in [0.1, 0.15) is 5.75 Å². The summed E-state index contributed by atoms with van der Waals surface area (Å²) in [5.41, 5.74) is 2.65. The van der Waals surface area contributed by atoms with Crippen LogP contribution in [0.25, 0.3) is 0 Å². The quantitative estimate of drug-likeness (QED) is 0.912. The fraction of sp³-hybridized carbons (Fsp3) is 0.250. The van der Waals surface area contributed by atoms with Gasteiger partial charge in [0.15, 0.2) is 0 Å². The Bertz CT molecular complexity index is 790. The van der Waals surface area contributed by atoms with E-state index in [1.165, 1.54) is 0 Å². The summed E-state index contributed by atoms with van der Waals surface area (Å²) in [5.74, 6) is 0.767. The molecule has 0 atom stereocenters. The molecule has 0 fully saturated rings. The number of rotatable bonds is 5. The van der Waals surface area contributed by atoms with E-state index < -0.39 is 10.0 Å². The van der Waals surface area contributed by atoms with Gasteiger partial charge in [0.25, 0.3) is 0 Å². The normalized spacial score (nSPS) is 13.7. The van der Waals surface area contributed by atoms with Crippen molar-refractivity contribution < 1.29 is 13.2 Å². The zero-order valence-corrected chi connectivity index (χ0v) is 13.5. The van der Waals surface area contributed by atoms with E-state index in [1.807, 2.05) is 18.2 Å². The molecule has 0 aliphatic carbocycles. The average Bonchev–Trinajstić information content (AvgIpc) is 2.95. The number of nitrogens with one attached hydrogen (secondary N) is 1. The van der Waals surface area contributed by atoms with Gasteiger partial charge in [-0.3, -0.25) is 0 Å². The van der Waals surface area contributed by atoms with Gasteiger partial charge in [0.05, 0.1) is 12.4 Å². The van der Waals surface area contributed by atoms with Crippen LogP contribution in [0.3, 0.4) is 0 Å². The van der Waals surface area contributed by atoms with E-state index >= 15 is 0 Å². The van der Waals surface area contributed by atoms with E-state index in [4.69, 9.17) is 16.3 Å². The van der Waals surface area contributed by atoms with E-state index in [-0.39, 0.29) is 12.3 Å². The number of benzene rings is 2. The van der Waals surface area contributed by atoms with Crippen molar-refractivity contribution in [3.63, 3.8) is 0 Å². The van der Waals surface area contributed by atoms with Crippen LogP contribution in [0.4, 0.5) is 0 Å². The lowest BCUT2D eigenvalue weighted by atomic mass is 10.1. The van der Waals surface area contributed by atoms with Gasteiger partial charge in [-0.25, -0.2) is 13.1 Å². The second-order valence-corrected chi connectivity index (χ2v) is 7.43. The van der Waals surface area contributed by atoms with Gasteiger partial charge in [-0.05, 0) is 28.8 Å². The summed E-state index contributed by atoms with van der Waals surface area (Å²) >= 11 is 6.01. The minimum atomic E-state index is -3.44. The number of sulfonamides is 1. The van der Waals surface area contributed by atoms with Crippen molar-refractivity contribution in [2.75, 3.05) is 6.61 Å². The van der Waals surface area contributed by atoms with Crippen molar-refractivity contribution >= 4 is 21.6 Å². The second kappa shape index (κ2) is 6.28. The Labute approximate surface area is 135 Å². The standard InChI is InChI=1S/C16H16ClNO3S/c17-15-4-2-1-3-14(15)11-22(19,20)18-10-12-5-6-16-13(9-12)7-8-21-16/h1-6,9,18H,7-8,10-11H2. The molecule has 2 aromatic carbocycles. The molecule has 0 unspecified atom stereocenters. The maximum atomic E-state index is 12.2. The average molecular weight is 338 g/mol. The summed E-state index contributed by atoms with van der Waals surface area (Å²) in [5, 5.41) is 0.461. The first-order chi connectivity index (χ1) is 10.5. The van der Waals surface area contributed by atoms with Crippen LogP contribution in [0.1, 0.15) is 16.7 Å². The molecule has 0 amide bonds. The van der Waals surface area contributed by atoms with Crippen LogP contribution in [-0.2, 0) is 28.7 Å². The highest BCUT2D eigenvalue weighted by molar-refractivity contribution is 7.88. The molecule has 0 saturated heterocycles. The van der Waals surface area contributed by atoms with Gasteiger partial charge >= 0.3 is 0 Å². The Balaban J connectivity index is 1.66. The third-order valence-electron chi connectivity index (χ3n) is 3.55. The largest absolute Gasteiger partial charge is 0.493 e. The first kappa shape index (κ1) is 15.3. The first-order valence-electron chi connectivity index (χ1n) is 6.99. The third kappa shape index (κ3) is 3.61. The van der Waals surface area contributed by atoms with E-state index in [0.29, 0.717) is 17.2 Å². The molecule has 0 saturated carbocycles. The van der Waals surface area contributed by atoms with Crippen molar-refractivity contribution in [2.24, 2.45) is 0 Å². The van der Waals surface area contributed by atoms with Crippen molar-refractivity contribution in [1.82, 2.24) is 4.72 Å². The molecular weight excluding hydrogens is 322 g/mol. The van der Waals surface area contributed by atoms with E-state index in [0.717, 1.165) is 23.3 Å². The zero-order valence-electron chi connectivity index (χ0n) is 11.9. The summed E-state index contributed by atoms with van der Waals surface area (Å²) < 4.78 is 32.4. The zero-order chi connectivity index (χ0) is 15.6. The molecule has 0 radical (unpaired) electrons. The van der Waals surface area contributed by atoms with E-state index in [9.17, 15) is 8.42 Å². The van der Waals surface area contributed by atoms with Gasteiger partial charge in [-0.2, -0.15) is 0 Å². The first-order valence-corrected chi connectivity index (χ1v) is 9.02. The number of hydrogen-bond donors (Lipinski definition) is 1. The van der Waals surface area contributed by atoms with Crippen molar-refractivity contribution in [3.8, 4) is 5.75 Å². The number of ether oxygens (including phenoxy) is 1. The summed E-state index contributed by atoms with van der Waals surface area (Å²) in [7, 11) is -3.44.